The van der Waals surface area contributed by atoms with Gasteiger partial charge < -0.3 is 10.1 Å². The van der Waals surface area contributed by atoms with Gasteiger partial charge in [-0.15, -0.1) is 0 Å². The molecule has 0 bridgehead atoms. The summed E-state index contributed by atoms with van der Waals surface area (Å²) < 4.78 is 10.3. The van der Waals surface area contributed by atoms with Crippen LogP contribution in [0, 0.1) is 6.92 Å². The van der Waals surface area contributed by atoms with Crippen molar-refractivity contribution in [2.45, 2.75) is 33.4 Å². The monoisotopic (exact) mass is 248 g/mol. The Morgan fingerprint density at radius 1 is 1.39 bits per heavy atom. The highest BCUT2D eigenvalue weighted by atomic mass is 16.6. The summed E-state index contributed by atoms with van der Waals surface area (Å²) in [6.07, 6.45) is 1.78. The standard InChI is InChI=1S/C12H16N4O2/c1-8(2)17-12-10(5-4-6-13-12)14-7-11-9(3)15-18-16-11/h4-6,8,14H,7H2,1-3H3. The van der Waals surface area contributed by atoms with Crippen LogP contribution in [0.1, 0.15) is 25.2 Å². The molecule has 0 spiro atoms. The summed E-state index contributed by atoms with van der Waals surface area (Å²) in [5.41, 5.74) is 2.38. The van der Waals surface area contributed by atoms with E-state index in [9.17, 15) is 0 Å². The van der Waals surface area contributed by atoms with Crippen LogP contribution in [0.3, 0.4) is 0 Å². The predicted molar refractivity (Wildman–Crippen MR) is 66.4 cm³/mol. The minimum Gasteiger partial charge on any atom is -0.473 e. The van der Waals surface area contributed by atoms with Crippen LogP contribution in [0.4, 0.5) is 5.69 Å². The molecule has 0 saturated heterocycles. The molecular weight excluding hydrogens is 232 g/mol. The number of hydrogen-bond donors (Lipinski definition) is 1. The van der Waals surface area contributed by atoms with Crippen molar-refractivity contribution in [3.63, 3.8) is 0 Å². The van der Waals surface area contributed by atoms with Gasteiger partial charge in [-0.2, -0.15) is 0 Å². The molecule has 0 unspecified atom stereocenters. The number of aromatic nitrogens is 3. The van der Waals surface area contributed by atoms with Gasteiger partial charge >= 0.3 is 0 Å². The lowest BCUT2D eigenvalue weighted by Crippen LogP contribution is -2.10. The first-order chi connectivity index (χ1) is 8.66. The van der Waals surface area contributed by atoms with Crippen LogP contribution in [0.15, 0.2) is 23.0 Å². The fourth-order valence-electron chi connectivity index (χ4n) is 1.43. The Hall–Kier alpha value is -2.11. The van der Waals surface area contributed by atoms with E-state index in [1.807, 2.05) is 32.9 Å². The molecule has 2 heterocycles. The molecule has 0 aliphatic carbocycles. The smallest absolute Gasteiger partial charge is 0.237 e. The van der Waals surface area contributed by atoms with E-state index >= 15 is 0 Å². The Bertz CT molecular complexity index is 510. The molecule has 0 fully saturated rings. The summed E-state index contributed by atoms with van der Waals surface area (Å²) in [7, 11) is 0. The average molecular weight is 248 g/mol. The van der Waals surface area contributed by atoms with Crippen LogP contribution in [0.2, 0.25) is 0 Å². The van der Waals surface area contributed by atoms with E-state index in [-0.39, 0.29) is 6.10 Å². The van der Waals surface area contributed by atoms with Crippen molar-refractivity contribution >= 4 is 5.69 Å². The molecule has 2 aromatic heterocycles. The number of hydrogen-bond acceptors (Lipinski definition) is 6. The normalized spacial score (nSPS) is 10.7. The molecule has 2 rings (SSSR count). The Labute approximate surface area is 105 Å². The van der Waals surface area contributed by atoms with Gasteiger partial charge in [0.25, 0.3) is 0 Å². The van der Waals surface area contributed by atoms with E-state index in [0.717, 1.165) is 17.1 Å². The number of ether oxygens (including phenoxy) is 1. The molecular formula is C12H16N4O2. The van der Waals surface area contributed by atoms with Gasteiger partial charge in [-0.3, -0.25) is 0 Å². The Morgan fingerprint density at radius 2 is 2.22 bits per heavy atom. The molecule has 96 valence electrons. The Kier molecular flexibility index (Phi) is 3.76. The van der Waals surface area contributed by atoms with E-state index in [1.165, 1.54) is 0 Å². The summed E-state index contributed by atoms with van der Waals surface area (Å²) >= 11 is 0. The molecule has 18 heavy (non-hydrogen) atoms. The van der Waals surface area contributed by atoms with E-state index < -0.39 is 0 Å². The summed E-state index contributed by atoms with van der Waals surface area (Å²) in [5.74, 6) is 0.585. The predicted octanol–water partition coefficient (Wildman–Crippen LogP) is 2.17. The topological polar surface area (TPSA) is 73.1 Å². The lowest BCUT2D eigenvalue weighted by molar-refractivity contribution is 0.234. The molecule has 2 aromatic rings. The highest BCUT2D eigenvalue weighted by Gasteiger charge is 2.09. The van der Waals surface area contributed by atoms with Gasteiger partial charge in [0, 0.05) is 6.20 Å². The van der Waals surface area contributed by atoms with Gasteiger partial charge in [0.05, 0.1) is 18.3 Å². The number of anilines is 1. The summed E-state index contributed by atoms with van der Waals surface area (Å²) in [5, 5.41) is 10.8. The zero-order valence-corrected chi connectivity index (χ0v) is 10.7. The van der Waals surface area contributed by atoms with Gasteiger partial charge in [-0.05, 0) is 32.9 Å². The van der Waals surface area contributed by atoms with Gasteiger partial charge in [0.2, 0.25) is 5.88 Å². The molecule has 6 heteroatoms. The minimum absolute atomic E-state index is 0.0795. The third-order valence-electron chi connectivity index (χ3n) is 2.31. The maximum Gasteiger partial charge on any atom is 0.237 e. The summed E-state index contributed by atoms with van der Waals surface area (Å²) in [4.78, 5) is 4.20. The molecule has 6 nitrogen and oxygen atoms in total. The van der Waals surface area contributed by atoms with Crippen molar-refractivity contribution in [2.75, 3.05) is 5.32 Å². The number of aryl methyl sites for hydroxylation is 1. The molecule has 0 aliphatic heterocycles. The lowest BCUT2D eigenvalue weighted by Gasteiger charge is -2.13. The molecule has 0 aromatic carbocycles. The average Bonchev–Trinajstić information content (AvgIpc) is 2.73. The van der Waals surface area contributed by atoms with Crippen molar-refractivity contribution in [1.29, 1.82) is 0 Å². The van der Waals surface area contributed by atoms with Crippen molar-refractivity contribution in [1.82, 2.24) is 15.3 Å². The number of nitrogens with one attached hydrogen (secondary N) is 1. The van der Waals surface area contributed by atoms with Gasteiger partial charge in [0.15, 0.2) is 0 Å². The second-order valence-corrected chi connectivity index (χ2v) is 4.17. The van der Waals surface area contributed by atoms with Crippen molar-refractivity contribution in [3.8, 4) is 5.88 Å². The van der Waals surface area contributed by atoms with Crippen LogP contribution in [0.5, 0.6) is 5.88 Å². The van der Waals surface area contributed by atoms with E-state index in [4.69, 9.17) is 4.74 Å². The third kappa shape index (κ3) is 2.97. The van der Waals surface area contributed by atoms with Crippen molar-refractivity contribution in [3.05, 3.63) is 29.7 Å². The first kappa shape index (κ1) is 12.3. The molecule has 1 N–H and O–H groups in total. The molecule has 0 amide bonds. The minimum atomic E-state index is 0.0795. The Morgan fingerprint density at radius 3 is 2.89 bits per heavy atom. The number of pyridine rings is 1. The largest absolute Gasteiger partial charge is 0.473 e. The fraction of sp³-hybridized carbons (Fsp3) is 0.417. The van der Waals surface area contributed by atoms with Gasteiger partial charge in [-0.25, -0.2) is 9.61 Å². The third-order valence-corrected chi connectivity index (χ3v) is 2.31. The number of nitrogens with zero attached hydrogens (tertiary/aromatic N) is 3. The lowest BCUT2D eigenvalue weighted by atomic mass is 10.3. The highest BCUT2D eigenvalue weighted by molar-refractivity contribution is 5.52. The van der Waals surface area contributed by atoms with E-state index in [2.05, 4.69) is 25.2 Å². The first-order valence-corrected chi connectivity index (χ1v) is 5.80. The van der Waals surface area contributed by atoms with Crippen molar-refractivity contribution in [2.24, 2.45) is 0 Å². The maximum absolute atomic E-state index is 5.61. The van der Waals surface area contributed by atoms with Crippen LogP contribution in [-0.2, 0) is 6.54 Å². The second kappa shape index (κ2) is 5.48. The SMILES string of the molecule is Cc1nonc1CNc1cccnc1OC(C)C. The van der Waals surface area contributed by atoms with Crippen LogP contribution in [-0.4, -0.2) is 21.4 Å². The van der Waals surface area contributed by atoms with Crippen LogP contribution in [0.25, 0.3) is 0 Å². The molecule has 0 atom stereocenters. The van der Waals surface area contributed by atoms with Gasteiger partial charge in [0.1, 0.15) is 11.4 Å². The zero-order chi connectivity index (χ0) is 13.0. The van der Waals surface area contributed by atoms with Gasteiger partial charge in [-0.1, -0.05) is 10.3 Å². The highest BCUT2D eigenvalue weighted by Crippen LogP contribution is 2.22. The van der Waals surface area contributed by atoms with E-state index in [1.54, 1.807) is 6.20 Å². The first-order valence-electron chi connectivity index (χ1n) is 5.80. The Balaban J connectivity index is 2.07. The maximum atomic E-state index is 5.61. The quantitative estimate of drug-likeness (QED) is 0.874. The van der Waals surface area contributed by atoms with Crippen LogP contribution < -0.4 is 10.1 Å². The second-order valence-electron chi connectivity index (χ2n) is 4.17. The van der Waals surface area contributed by atoms with Crippen LogP contribution >= 0.6 is 0 Å². The molecule has 0 radical (unpaired) electrons. The van der Waals surface area contributed by atoms with Crippen molar-refractivity contribution < 1.29 is 9.37 Å². The molecule has 0 saturated carbocycles. The zero-order valence-electron chi connectivity index (χ0n) is 10.7. The summed E-state index contributed by atoms with van der Waals surface area (Å²) in [6, 6.07) is 3.76. The fourth-order valence-corrected chi connectivity index (χ4v) is 1.43. The molecule has 0 aliphatic rings. The number of rotatable bonds is 5. The summed E-state index contributed by atoms with van der Waals surface area (Å²) in [6.45, 7) is 6.30. The van der Waals surface area contributed by atoms with E-state index in [0.29, 0.717) is 12.4 Å².